The normalized spacial score (nSPS) is 12.1. The number of rotatable bonds is 6. The summed E-state index contributed by atoms with van der Waals surface area (Å²) in [6.45, 7) is 1.89. The van der Waals surface area contributed by atoms with Gasteiger partial charge in [-0.2, -0.15) is 0 Å². The number of nitrogens with one attached hydrogen (secondary N) is 1. The van der Waals surface area contributed by atoms with Crippen molar-refractivity contribution in [1.29, 1.82) is 0 Å². The summed E-state index contributed by atoms with van der Waals surface area (Å²) in [5.74, 6) is 1.16. The Kier molecular flexibility index (Phi) is 5.66. The Balaban J connectivity index is 1.71. The maximum Gasteiger partial charge on any atom is 0.244 e. The number of methoxy groups -OCH3 is 2. The highest BCUT2D eigenvalue weighted by atomic mass is 16.5. The molecule has 0 aliphatic rings. The van der Waals surface area contributed by atoms with Crippen molar-refractivity contribution in [1.82, 2.24) is 15.3 Å². The van der Waals surface area contributed by atoms with Crippen LogP contribution in [0.2, 0.25) is 0 Å². The third-order valence-corrected chi connectivity index (χ3v) is 4.13. The molecule has 1 atom stereocenters. The standard InChI is InChI=1S/C21H21N3O3/c1-14(17-12-16(26-2)9-10-20(17)27-3)23-21(25)11-8-15-13-22-18-6-4-5-7-19(18)24-15/h4-14H,1-3H3,(H,23,25)/b11-8+. The van der Waals surface area contributed by atoms with E-state index in [1.165, 1.54) is 6.08 Å². The van der Waals surface area contributed by atoms with E-state index in [1.54, 1.807) is 26.5 Å². The molecule has 0 spiro atoms. The monoisotopic (exact) mass is 363 g/mol. The van der Waals surface area contributed by atoms with Gasteiger partial charge in [-0.1, -0.05) is 12.1 Å². The lowest BCUT2D eigenvalue weighted by atomic mass is 10.1. The van der Waals surface area contributed by atoms with E-state index < -0.39 is 0 Å². The number of amides is 1. The molecule has 3 rings (SSSR count). The zero-order chi connectivity index (χ0) is 19.2. The summed E-state index contributed by atoms with van der Waals surface area (Å²) in [5.41, 5.74) is 3.06. The molecule has 0 saturated heterocycles. The highest BCUT2D eigenvalue weighted by Gasteiger charge is 2.14. The van der Waals surface area contributed by atoms with Gasteiger partial charge in [-0.05, 0) is 43.3 Å². The predicted octanol–water partition coefficient (Wildman–Crippen LogP) is 3.54. The maximum absolute atomic E-state index is 12.3. The van der Waals surface area contributed by atoms with E-state index in [0.29, 0.717) is 17.2 Å². The molecule has 2 aromatic carbocycles. The predicted molar refractivity (Wildman–Crippen MR) is 105 cm³/mol. The SMILES string of the molecule is COc1ccc(OC)c(C(C)NC(=O)/C=C/c2cnc3ccccc3n2)c1. The van der Waals surface area contributed by atoms with Gasteiger partial charge in [0.25, 0.3) is 0 Å². The average Bonchev–Trinajstić information content (AvgIpc) is 2.71. The van der Waals surface area contributed by atoms with E-state index in [1.807, 2.05) is 49.4 Å². The van der Waals surface area contributed by atoms with Crippen molar-refractivity contribution in [2.45, 2.75) is 13.0 Å². The molecule has 0 saturated carbocycles. The number of para-hydroxylation sites is 2. The lowest BCUT2D eigenvalue weighted by Gasteiger charge is -2.17. The molecule has 0 aliphatic heterocycles. The average molecular weight is 363 g/mol. The number of nitrogens with zero attached hydrogens (tertiary/aromatic N) is 2. The van der Waals surface area contributed by atoms with Gasteiger partial charge in [-0.15, -0.1) is 0 Å². The zero-order valence-electron chi connectivity index (χ0n) is 15.5. The molecule has 27 heavy (non-hydrogen) atoms. The van der Waals surface area contributed by atoms with Gasteiger partial charge in [0.1, 0.15) is 11.5 Å². The Hall–Kier alpha value is -3.41. The summed E-state index contributed by atoms with van der Waals surface area (Å²) in [6, 6.07) is 12.8. The highest BCUT2D eigenvalue weighted by Crippen LogP contribution is 2.29. The van der Waals surface area contributed by atoms with E-state index in [4.69, 9.17) is 9.47 Å². The van der Waals surface area contributed by atoms with Crippen LogP contribution in [0.5, 0.6) is 11.5 Å². The van der Waals surface area contributed by atoms with Gasteiger partial charge in [0.2, 0.25) is 5.91 Å². The molecule has 0 fully saturated rings. The van der Waals surface area contributed by atoms with Crippen LogP contribution < -0.4 is 14.8 Å². The minimum Gasteiger partial charge on any atom is -0.497 e. The molecular formula is C21H21N3O3. The number of fused-ring (bicyclic) bond motifs is 1. The van der Waals surface area contributed by atoms with Crippen molar-refractivity contribution in [3.8, 4) is 11.5 Å². The molecule has 138 valence electrons. The molecule has 6 heteroatoms. The molecule has 1 aromatic heterocycles. The number of benzene rings is 2. The lowest BCUT2D eigenvalue weighted by molar-refractivity contribution is -0.117. The minimum atomic E-state index is -0.255. The minimum absolute atomic E-state index is 0.234. The quantitative estimate of drug-likeness (QED) is 0.678. The molecule has 1 unspecified atom stereocenters. The molecule has 1 heterocycles. The first-order chi connectivity index (χ1) is 13.1. The van der Waals surface area contributed by atoms with Crippen LogP contribution in [0, 0.1) is 0 Å². The Labute approximate surface area is 157 Å². The molecule has 1 amide bonds. The Morgan fingerprint density at radius 1 is 1.11 bits per heavy atom. The van der Waals surface area contributed by atoms with Gasteiger partial charge in [-0.3, -0.25) is 9.78 Å². The van der Waals surface area contributed by atoms with E-state index in [-0.39, 0.29) is 11.9 Å². The summed E-state index contributed by atoms with van der Waals surface area (Å²) >= 11 is 0. The third-order valence-electron chi connectivity index (χ3n) is 4.13. The first kappa shape index (κ1) is 18.4. The zero-order valence-corrected chi connectivity index (χ0v) is 15.5. The van der Waals surface area contributed by atoms with Gasteiger partial charge in [0.15, 0.2) is 0 Å². The molecule has 3 aromatic rings. The van der Waals surface area contributed by atoms with Crippen LogP contribution in [0.4, 0.5) is 0 Å². The van der Waals surface area contributed by atoms with E-state index in [0.717, 1.165) is 16.6 Å². The number of carbonyl (C=O) groups is 1. The Bertz CT molecular complexity index is 985. The van der Waals surface area contributed by atoms with Gasteiger partial charge in [0, 0.05) is 11.6 Å². The number of ether oxygens (including phenoxy) is 2. The molecular weight excluding hydrogens is 342 g/mol. The molecule has 0 radical (unpaired) electrons. The number of aromatic nitrogens is 2. The first-order valence-electron chi connectivity index (χ1n) is 8.53. The molecule has 1 N–H and O–H groups in total. The second kappa shape index (κ2) is 8.31. The topological polar surface area (TPSA) is 73.3 Å². The summed E-state index contributed by atoms with van der Waals surface area (Å²) in [7, 11) is 3.19. The number of hydrogen-bond donors (Lipinski definition) is 1. The molecule has 0 bridgehead atoms. The lowest BCUT2D eigenvalue weighted by Crippen LogP contribution is -2.25. The van der Waals surface area contributed by atoms with E-state index >= 15 is 0 Å². The van der Waals surface area contributed by atoms with Gasteiger partial charge >= 0.3 is 0 Å². The van der Waals surface area contributed by atoms with Crippen LogP contribution in [0.1, 0.15) is 24.2 Å². The third kappa shape index (κ3) is 4.41. The van der Waals surface area contributed by atoms with E-state index in [2.05, 4.69) is 15.3 Å². The number of hydrogen-bond acceptors (Lipinski definition) is 5. The van der Waals surface area contributed by atoms with Crippen molar-refractivity contribution in [3.05, 3.63) is 66.0 Å². The highest BCUT2D eigenvalue weighted by molar-refractivity contribution is 5.92. The Morgan fingerprint density at radius 3 is 2.63 bits per heavy atom. The first-order valence-corrected chi connectivity index (χ1v) is 8.53. The fourth-order valence-electron chi connectivity index (χ4n) is 2.73. The number of carbonyl (C=O) groups excluding carboxylic acids is 1. The maximum atomic E-state index is 12.3. The molecule has 0 aliphatic carbocycles. The second-order valence-electron chi connectivity index (χ2n) is 5.96. The largest absolute Gasteiger partial charge is 0.497 e. The summed E-state index contributed by atoms with van der Waals surface area (Å²) in [6.07, 6.45) is 4.73. The van der Waals surface area contributed by atoms with Gasteiger partial charge < -0.3 is 14.8 Å². The summed E-state index contributed by atoms with van der Waals surface area (Å²) in [4.78, 5) is 21.1. The molecule has 6 nitrogen and oxygen atoms in total. The fourth-order valence-corrected chi connectivity index (χ4v) is 2.73. The summed E-state index contributed by atoms with van der Waals surface area (Å²) in [5, 5.41) is 2.92. The smallest absolute Gasteiger partial charge is 0.244 e. The van der Waals surface area contributed by atoms with Crippen LogP contribution in [-0.4, -0.2) is 30.1 Å². The van der Waals surface area contributed by atoms with Crippen LogP contribution in [0.3, 0.4) is 0 Å². The van der Waals surface area contributed by atoms with Crippen molar-refractivity contribution >= 4 is 23.0 Å². The summed E-state index contributed by atoms with van der Waals surface area (Å²) < 4.78 is 10.6. The van der Waals surface area contributed by atoms with Gasteiger partial charge in [0.05, 0.1) is 43.2 Å². The van der Waals surface area contributed by atoms with Gasteiger partial charge in [-0.25, -0.2) is 4.98 Å². The van der Waals surface area contributed by atoms with Crippen LogP contribution >= 0.6 is 0 Å². The van der Waals surface area contributed by atoms with Crippen molar-refractivity contribution in [2.24, 2.45) is 0 Å². The van der Waals surface area contributed by atoms with Crippen LogP contribution in [0.15, 0.2) is 54.7 Å². The second-order valence-corrected chi connectivity index (χ2v) is 5.96. The Morgan fingerprint density at radius 2 is 1.89 bits per heavy atom. The van der Waals surface area contributed by atoms with Crippen molar-refractivity contribution in [2.75, 3.05) is 14.2 Å². The fraction of sp³-hybridized carbons (Fsp3) is 0.190. The van der Waals surface area contributed by atoms with Crippen LogP contribution in [0.25, 0.3) is 17.1 Å². The van der Waals surface area contributed by atoms with Crippen LogP contribution in [-0.2, 0) is 4.79 Å². The van der Waals surface area contributed by atoms with Crippen molar-refractivity contribution in [3.63, 3.8) is 0 Å². The van der Waals surface area contributed by atoms with Crippen molar-refractivity contribution < 1.29 is 14.3 Å². The van der Waals surface area contributed by atoms with E-state index in [9.17, 15) is 4.79 Å².